The summed E-state index contributed by atoms with van der Waals surface area (Å²) in [7, 11) is 4.23. The summed E-state index contributed by atoms with van der Waals surface area (Å²) in [5, 5.41) is 0. The van der Waals surface area contributed by atoms with E-state index < -0.39 is 0 Å². The number of benzene rings is 1. The number of rotatable bonds is 8. The molecule has 0 saturated heterocycles. The summed E-state index contributed by atoms with van der Waals surface area (Å²) in [5.74, 6) is 0. The molecule has 0 heterocycles. The van der Waals surface area contributed by atoms with Gasteiger partial charge in [0.05, 0.1) is 0 Å². The van der Waals surface area contributed by atoms with Gasteiger partial charge >= 0.3 is 0 Å². The molecule has 0 aromatic heterocycles. The van der Waals surface area contributed by atoms with Crippen molar-refractivity contribution < 1.29 is 0 Å². The predicted molar refractivity (Wildman–Crippen MR) is 86.4 cm³/mol. The molecule has 0 bridgehead atoms. The molecule has 4 heteroatoms. The fourth-order valence-corrected chi connectivity index (χ4v) is 2.89. The molecule has 0 fully saturated rings. The highest BCUT2D eigenvalue weighted by Crippen LogP contribution is 2.27. The monoisotopic (exact) mass is 327 g/mol. The van der Waals surface area contributed by atoms with Crippen molar-refractivity contribution in [2.24, 2.45) is 5.73 Å². The zero-order chi connectivity index (χ0) is 14.3. The number of hydrogen-bond acceptors (Lipinski definition) is 3. The van der Waals surface area contributed by atoms with Crippen LogP contribution in [0.1, 0.15) is 24.9 Å². The maximum Gasteiger partial charge on any atom is 0.0481 e. The Morgan fingerprint density at radius 2 is 1.89 bits per heavy atom. The Hall–Kier alpha value is -0.420. The number of hydrogen-bond donors (Lipinski definition) is 1. The zero-order valence-corrected chi connectivity index (χ0v) is 13.9. The van der Waals surface area contributed by atoms with E-state index in [-0.39, 0.29) is 0 Å². The van der Waals surface area contributed by atoms with Crippen LogP contribution in [0.15, 0.2) is 28.7 Å². The number of nitrogens with zero attached hydrogens (tertiary/aromatic N) is 2. The lowest BCUT2D eigenvalue weighted by atomic mass is 10.1. The molecule has 1 atom stereocenters. The average Bonchev–Trinajstić information content (AvgIpc) is 2.39. The van der Waals surface area contributed by atoms with Crippen LogP contribution in [0, 0.1) is 0 Å². The van der Waals surface area contributed by atoms with Crippen LogP contribution in [0.3, 0.4) is 0 Å². The van der Waals surface area contributed by atoms with Crippen LogP contribution in [-0.2, 0) is 0 Å². The lowest BCUT2D eigenvalue weighted by molar-refractivity contribution is 0.201. The molecule has 0 aliphatic carbocycles. The van der Waals surface area contributed by atoms with Gasteiger partial charge in [-0.2, -0.15) is 0 Å². The van der Waals surface area contributed by atoms with E-state index in [0.29, 0.717) is 12.6 Å². The minimum absolute atomic E-state index is 0.294. The van der Waals surface area contributed by atoms with E-state index in [9.17, 15) is 0 Å². The standard InChI is InChI=1S/C15H26BrN3/c1-4-19(11-7-10-18(2)3)15(12-17)13-8-5-6-9-14(13)16/h5-6,8-9,15H,4,7,10-12,17H2,1-3H3. The van der Waals surface area contributed by atoms with Crippen molar-refractivity contribution in [1.29, 1.82) is 0 Å². The normalized spacial score (nSPS) is 13.2. The van der Waals surface area contributed by atoms with Crippen LogP contribution in [0.2, 0.25) is 0 Å². The molecule has 0 aliphatic rings. The van der Waals surface area contributed by atoms with Gasteiger partial charge in [-0.25, -0.2) is 0 Å². The molecule has 19 heavy (non-hydrogen) atoms. The van der Waals surface area contributed by atoms with Crippen molar-refractivity contribution in [3.05, 3.63) is 34.3 Å². The lowest BCUT2D eigenvalue weighted by Gasteiger charge is -2.31. The predicted octanol–water partition coefficient (Wildman–Crippen LogP) is 2.72. The van der Waals surface area contributed by atoms with Crippen LogP contribution in [0.4, 0.5) is 0 Å². The Morgan fingerprint density at radius 3 is 2.42 bits per heavy atom. The van der Waals surface area contributed by atoms with Gasteiger partial charge in [-0.15, -0.1) is 0 Å². The summed E-state index contributed by atoms with van der Waals surface area (Å²) >= 11 is 3.64. The molecule has 1 unspecified atom stereocenters. The van der Waals surface area contributed by atoms with Crippen LogP contribution >= 0.6 is 15.9 Å². The van der Waals surface area contributed by atoms with E-state index in [0.717, 1.165) is 24.1 Å². The van der Waals surface area contributed by atoms with Gasteiger partial charge in [0.25, 0.3) is 0 Å². The minimum Gasteiger partial charge on any atom is -0.329 e. The SMILES string of the molecule is CCN(CCCN(C)C)C(CN)c1ccccc1Br. The second-order valence-corrected chi connectivity index (χ2v) is 5.91. The van der Waals surface area contributed by atoms with Gasteiger partial charge in [0.1, 0.15) is 0 Å². The maximum absolute atomic E-state index is 6.01. The number of nitrogens with two attached hydrogens (primary N) is 1. The molecule has 0 saturated carbocycles. The van der Waals surface area contributed by atoms with Gasteiger partial charge in [0, 0.05) is 23.6 Å². The Kier molecular flexibility index (Phi) is 7.61. The first-order valence-corrected chi connectivity index (χ1v) is 7.72. The van der Waals surface area contributed by atoms with Crippen LogP contribution < -0.4 is 5.73 Å². The van der Waals surface area contributed by atoms with Crippen molar-refractivity contribution in [3.63, 3.8) is 0 Å². The fraction of sp³-hybridized carbons (Fsp3) is 0.600. The second-order valence-electron chi connectivity index (χ2n) is 5.06. The number of likely N-dealkylation sites (N-methyl/N-ethyl adjacent to an activating group) is 1. The third-order valence-electron chi connectivity index (χ3n) is 3.39. The summed E-state index contributed by atoms with van der Waals surface area (Å²) in [6, 6.07) is 8.67. The van der Waals surface area contributed by atoms with E-state index in [2.05, 4.69) is 64.9 Å². The molecule has 0 aliphatic heterocycles. The molecule has 0 radical (unpaired) electrons. The number of halogens is 1. The quantitative estimate of drug-likeness (QED) is 0.796. The van der Waals surface area contributed by atoms with Gasteiger partial charge in [-0.1, -0.05) is 41.1 Å². The summed E-state index contributed by atoms with van der Waals surface area (Å²) in [5.41, 5.74) is 7.30. The molecule has 0 spiro atoms. The van der Waals surface area contributed by atoms with E-state index >= 15 is 0 Å². The third-order valence-corrected chi connectivity index (χ3v) is 4.11. The van der Waals surface area contributed by atoms with Gasteiger partial charge in [-0.3, -0.25) is 4.90 Å². The second kappa shape index (κ2) is 8.69. The highest BCUT2D eigenvalue weighted by Gasteiger charge is 2.19. The maximum atomic E-state index is 6.01. The van der Waals surface area contributed by atoms with Gasteiger partial charge in [-0.05, 0) is 45.2 Å². The minimum atomic E-state index is 0.294. The Labute approximate surface area is 125 Å². The van der Waals surface area contributed by atoms with Crippen molar-refractivity contribution in [2.75, 3.05) is 40.3 Å². The molecular formula is C15H26BrN3. The molecule has 3 nitrogen and oxygen atoms in total. The van der Waals surface area contributed by atoms with Crippen LogP contribution in [-0.4, -0.2) is 50.1 Å². The highest BCUT2D eigenvalue weighted by atomic mass is 79.9. The van der Waals surface area contributed by atoms with Crippen LogP contribution in [0.5, 0.6) is 0 Å². The van der Waals surface area contributed by atoms with E-state index in [1.165, 1.54) is 12.0 Å². The first-order chi connectivity index (χ1) is 9.10. The highest BCUT2D eigenvalue weighted by molar-refractivity contribution is 9.10. The Morgan fingerprint density at radius 1 is 1.21 bits per heavy atom. The van der Waals surface area contributed by atoms with E-state index in [4.69, 9.17) is 5.73 Å². The molecule has 1 aromatic carbocycles. The summed E-state index contributed by atoms with van der Waals surface area (Å²) in [6.45, 7) is 6.08. The van der Waals surface area contributed by atoms with Gasteiger partial charge in [0.15, 0.2) is 0 Å². The van der Waals surface area contributed by atoms with Crippen molar-refractivity contribution in [2.45, 2.75) is 19.4 Å². The third kappa shape index (κ3) is 5.22. The van der Waals surface area contributed by atoms with Crippen molar-refractivity contribution >= 4 is 15.9 Å². The molecular weight excluding hydrogens is 302 g/mol. The fourth-order valence-electron chi connectivity index (χ4n) is 2.34. The van der Waals surface area contributed by atoms with Crippen LogP contribution in [0.25, 0.3) is 0 Å². The van der Waals surface area contributed by atoms with Gasteiger partial charge in [0.2, 0.25) is 0 Å². The molecule has 1 rings (SSSR count). The van der Waals surface area contributed by atoms with Crippen molar-refractivity contribution in [3.8, 4) is 0 Å². The Balaban J connectivity index is 2.73. The molecule has 108 valence electrons. The van der Waals surface area contributed by atoms with Crippen molar-refractivity contribution in [1.82, 2.24) is 9.80 Å². The molecule has 1 aromatic rings. The first-order valence-electron chi connectivity index (χ1n) is 6.93. The van der Waals surface area contributed by atoms with E-state index in [1.54, 1.807) is 0 Å². The van der Waals surface area contributed by atoms with E-state index in [1.807, 2.05) is 6.07 Å². The topological polar surface area (TPSA) is 32.5 Å². The summed E-state index contributed by atoms with van der Waals surface area (Å²) < 4.78 is 1.15. The molecule has 2 N–H and O–H groups in total. The largest absolute Gasteiger partial charge is 0.329 e. The lowest BCUT2D eigenvalue weighted by Crippen LogP contribution is -2.35. The Bertz CT molecular complexity index is 368. The summed E-state index contributed by atoms with van der Waals surface area (Å²) in [4.78, 5) is 4.69. The first kappa shape index (κ1) is 16.6. The summed E-state index contributed by atoms with van der Waals surface area (Å²) in [6.07, 6.45) is 1.17. The molecule has 0 amide bonds. The zero-order valence-electron chi connectivity index (χ0n) is 12.3. The smallest absolute Gasteiger partial charge is 0.0481 e. The average molecular weight is 328 g/mol. The van der Waals surface area contributed by atoms with Gasteiger partial charge < -0.3 is 10.6 Å².